The highest BCUT2D eigenvalue weighted by atomic mass is 16.2. The van der Waals surface area contributed by atoms with Crippen LogP contribution in [0, 0.1) is 5.41 Å². The van der Waals surface area contributed by atoms with E-state index >= 15 is 0 Å². The third kappa shape index (κ3) is 4.39. The number of amides is 2. The first-order valence-electron chi connectivity index (χ1n) is 6.51. The van der Waals surface area contributed by atoms with Crippen LogP contribution in [0.3, 0.4) is 0 Å². The lowest BCUT2D eigenvalue weighted by Crippen LogP contribution is -2.40. The van der Waals surface area contributed by atoms with E-state index in [-0.39, 0.29) is 18.4 Å². The monoisotopic (exact) mass is 262 g/mol. The van der Waals surface area contributed by atoms with Gasteiger partial charge in [-0.05, 0) is 12.0 Å². The number of hydrogen-bond donors (Lipinski definition) is 2. The molecular formula is C15H22N2O2. The summed E-state index contributed by atoms with van der Waals surface area (Å²) in [5.41, 5.74) is 5.69. The van der Waals surface area contributed by atoms with Crippen molar-refractivity contribution < 1.29 is 9.59 Å². The largest absolute Gasteiger partial charge is 0.370 e. The Kier molecular flexibility index (Phi) is 5.10. The molecule has 104 valence electrons. The highest BCUT2D eigenvalue weighted by Gasteiger charge is 2.28. The third-order valence-corrected chi connectivity index (χ3v) is 3.41. The molecule has 0 aliphatic rings. The zero-order chi connectivity index (χ0) is 14.5. The van der Waals surface area contributed by atoms with Crippen LogP contribution in [0.15, 0.2) is 30.3 Å². The molecule has 0 bridgehead atoms. The van der Waals surface area contributed by atoms with E-state index in [0.29, 0.717) is 0 Å². The fourth-order valence-corrected chi connectivity index (χ4v) is 1.65. The van der Waals surface area contributed by atoms with Crippen molar-refractivity contribution in [2.45, 2.75) is 39.7 Å². The lowest BCUT2D eigenvalue weighted by molar-refractivity contribution is -0.130. The number of benzene rings is 1. The Labute approximate surface area is 114 Å². The first-order chi connectivity index (χ1) is 8.86. The van der Waals surface area contributed by atoms with Gasteiger partial charge in [0.05, 0.1) is 12.5 Å². The summed E-state index contributed by atoms with van der Waals surface area (Å²) < 4.78 is 0. The van der Waals surface area contributed by atoms with E-state index in [1.807, 2.05) is 51.1 Å². The van der Waals surface area contributed by atoms with E-state index in [1.165, 1.54) is 0 Å². The van der Waals surface area contributed by atoms with Crippen molar-refractivity contribution in [2.24, 2.45) is 11.1 Å². The number of nitrogens with one attached hydrogen (secondary N) is 1. The fraction of sp³-hybridized carbons (Fsp3) is 0.467. The van der Waals surface area contributed by atoms with Crippen LogP contribution >= 0.6 is 0 Å². The summed E-state index contributed by atoms with van der Waals surface area (Å²) in [4.78, 5) is 23.4. The summed E-state index contributed by atoms with van der Waals surface area (Å²) in [6, 6.07) is 9.04. The SMILES string of the molecule is CCC(C)(C)C(=O)NC(CC(N)=O)c1ccccc1. The van der Waals surface area contributed by atoms with E-state index in [9.17, 15) is 9.59 Å². The summed E-state index contributed by atoms with van der Waals surface area (Å²) in [7, 11) is 0. The van der Waals surface area contributed by atoms with Gasteiger partial charge in [-0.3, -0.25) is 9.59 Å². The van der Waals surface area contributed by atoms with E-state index in [0.717, 1.165) is 12.0 Å². The predicted molar refractivity (Wildman–Crippen MR) is 75.2 cm³/mol. The lowest BCUT2D eigenvalue weighted by atomic mass is 9.88. The van der Waals surface area contributed by atoms with Gasteiger partial charge in [-0.1, -0.05) is 51.1 Å². The molecule has 0 heterocycles. The van der Waals surface area contributed by atoms with Crippen molar-refractivity contribution in [3.63, 3.8) is 0 Å². The first-order valence-corrected chi connectivity index (χ1v) is 6.51. The Morgan fingerprint density at radius 1 is 1.26 bits per heavy atom. The molecule has 0 aromatic heterocycles. The second kappa shape index (κ2) is 6.36. The number of rotatable bonds is 6. The van der Waals surface area contributed by atoms with Crippen molar-refractivity contribution in [3.8, 4) is 0 Å². The number of carbonyl (C=O) groups is 2. The molecule has 4 heteroatoms. The molecule has 19 heavy (non-hydrogen) atoms. The van der Waals surface area contributed by atoms with E-state index < -0.39 is 11.3 Å². The van der Waals surface area contributed by atoms with Crippen LogP contribution < -0.4 is 11.1 Å². The van der Waals surface area contributed by atoms with Gasteiger partial charge in [0.15, 0.2) is 0 Å². The van der Waals surface area contributed by atoms with Crippen molar-refractivity contribution in [3.05, 3.63) is 35.9 Å². The molecule has 0 spiro atoms. The van der Waals surface area contributed by atoms with Gasteiger partial charge in [0.2, 0.25) is 11.8 Å². The van der Waals surface area contributed by atoms with Gasteiger partial charge >= 0.3 is 0 Å². The van der Waals surface area contributed by atoms with Gasteiger partial charge in [0.1, 0.15) is 0 Å². The van der Waals surface area contributed by atoms with Crippen LogP contribution in [0.4, 0.5) is 0 Å². The van der Waals surface area contributed by atoms with Crippen molar-refractivity contribution in [1.82, 2.24) is 5.32 Å². The summed E-state index contributed by atoms with van der Waals surface area (Å²) in [5, 5.41) is 2.92. The van der Waals surface area contributed by atoms with Crippen LogP contribution in [-0.4, -0.2) is 11.8 Å². The topological polar surface area (TPSA) is 72.2 Å². The molecule has 0 radical (unpaired) electrons. The minimum atomic E-state index is -0.454. The third-order valence-electron chi connectivity index (χ3n) is 3.41. The number of hydrogen-bond acceptors (Lipinski definition) is 2. The smallest absolute Gasteiger partial charge is 0.226 e. The summed E-state index contributed by atoms with van der Waals surface area (Å²) in [6.45, 7) is 5.73. The highest BCUT2D eigenvalue weighted by Crippen LogP contribution is 2.23. The number of carbonyl (C=O) groups excluding carboxylic acids is 2. The predicted octanol–water partition coefficient (Wildman–Crippen LogP) is 2.16. The molecule has 1 unspecified atom stereocenters. The van der Waals surface area contributed by atoms with Crippen molar-refractivity contribution in [2.75, 3.05) is 0 Å². The van der Waals surface area contributed by atoms with Crippen LogP contribution in [0.25, 0.3) is 0 Å². The van der Waals surface area contributed by atoms with Crippen molar-refractivity contribution in [1.29, 1.82) is 0 Å². The standard InChI is InChI=1S/C15H22N2O2/c1-4-15(2,3)14(19)17-12(10-13(16)18)11-8-6-5-7-9-11/h5-9,12H,4,10H2,1-3H3,(H2,16,18)(H,17,19). The molecule has 0 aliphatic carbocycles. The Morgan fingerprint density at radius 3 is 2.32 bits per heavy atom. The minimum absolute atomic E-state index is 0.0647. The number of nitrogens with two attached hydrogens (primary N) is 1. The zero-order valence-corrected chi connectivity index (χ0v) is 11.8. The maximum absolute atomic E-state index is 12.2. The summed E-state index contributed by atoms with van der Waals surface area (Å²) >= 11 is 0. The quantitative estimate of drug-likeness (QED) is 0.824. The van der Waals surface area contributed by atoms with Crippen molar-refractivity contribution >= 4 is 11.8 Å². The van der Waals surface area contributed by atoms with Crippen LogP contribution in [0.1, 0.15) is 45.2 Å². The molecule has 1 rings (SSSR count). The second-order valence-electron chi connectivity index (χ2n) is 5.34. The molecule has 0 saturated carbocycles. The molecule has 1 aromatic carbocycles. The average Bonchev–Trinajstić information content (AvgIpc) is 2.38. The van der Waals surface area contributed by atoms with Crippen LogP contribution in [0.2, 0.25) is 0 Å². The van der Waals surface area contributed by atoms with Gasteiger partial charge in [-0.25, -0.2) is 0 Å². The lowest BCUT2D eigenvalue weighted by Gasteiger charge is -2.26. The van der Waals surface area contributed by atoms with Gasteiger partial charge < -0.3 is 11.1 Å². The molecule has 0 saturated heterocycles. The highest BCUT2D eigenvalue weighted by molar-refractivity contribution is 5.83. The Balaban J connectivity index is 2.88. The van der Waals surface area contributed by atoms with Crippen LogP contribution in [0.5, 0.6) is 0 Å². The van der Waals surface area contributed by atoms with Gasteiger partial charge in [0, 0.05) is 5.41 Å². The van der Waals surface area contributed by atoms with Gasteiger partial charge in [-0.15, -0.1) is 0 Å². The summed E-state index contributed by atoms with van der Waals surface area (Å²) in [5.74, 6) is -0.492. The van der Waals surface area contributed by atoms with E-state index in [2.05, 4.69) is 5.32 Å². The fourth-order valence-electron chi connectivity index (χ4n) is 1.65. The summed E-state index contributed by atoms with van der Waals surface area (Å²) in [6.07, 6.45) is 0.840. The molecule has 1 aromatic rings. The van der Waals surface area contributed by atoms with E-state index in [4.69, 9.17) is 5.73 Å². The molecule has 1 atom stereocenters. The zero-order valence-electron chi connectivity index (χ0n) is 11.8. The van der Waals surface area contributed by atoms with E-state index in [1.54, 1.807) is 0 Å². The minimum Gasteiger partial charge on any atom is -0.370 e. The maximum atomic E-state index is 12.2. The molecule has 2 amide bonds. The first kappa shape index (κ1) is 15.2. The molecule has 3 N–H and O–H groups in total. The molecule has 4 nitrogen and oxygen atoms in total. The molecular weight excluding hydrogens is 240 g/mol. The Morgan fingerprint density at radius 2 is 1.84 bits per heavy atom. The normalized spacial score (nSPS) is 12.8. The Hall–Kier alpha value is -1.84. The maximum Gasteiger partial charge on any atom is 0.226 e. The molecule has 0 fully saturated rings. The number of primary amides is 1. The van der Waals surface area contributed by atoms with Gasteiger partial charge in [-0.2, -0.15) is 0 Å². The average molecular weight is 262 g/mol. The van der Waals surface area contributed by atoms with Crippen LogP contribution in [-0.2, 0) is 9.59 Å². The van der Waals surface area contributed by atoms with Gasteiger partial charge in [0.25, 0.3) is 0 Å². The second-order valence-corrected chi connectivity index (χ2v) is 5.34. The Bertz CT molecular complexity index is 441. The molecule has 0 aliphatic heterocycles.